The largest absolute Gasteiger partial charge is 0.390 e. The maximum absolute atomic E-state index is 15.1. The summed E-state index contributed by atoms with van der Waals surface area (Å²) < 4.78 is 0. The average Bonchev–Trinajstić information content (AvgIpc) is 3.49. The van der Waals surface area contributed by atoms with Crippen LogP contribution in [0.2, 0.25) is 0 Å². The summed E-state index contributed by atoms with van der Waals surface area (Å²) in [4.78, 5) is 169. The van der Waals surface area contributed by atoms with Crippen LogP contribution in [-0.2, 0) is 52.7 Å². The van der Waals surface area contributed by atoms with Crippen LogP contribution in [0.5, 0.6) is 0 Å². The standard InChI is InChI=1S/C62H111N11O12/c1-25-28-29-40(15)52(75)51-56(79)65-43(27-3)58(81)67(18)33-47(74)71(22)50(39(14)26-2)55(78)66-48(37(10)11)61(84)68(19)44(30-34(4)5)54(77)63-41(16)53(76)64-42(17)57(80)69(20)45(31-35(6)7)59(82)70(21)46(32-36(8)9)60(83)72(23)49(38(12)13)62(85)73(51)24/h25,28,34-46,48-52,75H,26-27,29-33H2,1-24H3,(H,63,77)(H,64,76)(H,65,79)(H,66,78)/t39?,40-,41+,42-,43+,44+,45+,46+,48+,49+,50+,51+,52-/m1/s1. The number of hydrogen-bond acceptors (Lipinski definition) is 12. The van der Waals surface area contributed by atoms with Crippen LogP contribution < -0.4 is 21.3 Å². The Balaban J connectivity index is 4.33. The van der Waals surface area contributed by atoms with Gasteiger partial charge in [0.15, 0.2) is 0 Å². The Morgan fingerprint density at radius 1 is 0.482 bits per heavy atom. The van der Waals surface area contributed by atoms with E-state index >= 15 is 9.59 Å². The Labute approximate surface area is 508 Å². The van der Waals surface area contributed by atoms with Gasteiger partial charge in [-0.2, -0.15) is 0 Å². The minimum atomic E-state index is -1.61. The normalized spacial score (nSPS) is 27.2. The van der Waals surface area contributed by atoms with Crippen molar-refractivity contribution in [2.24, 2.45) is 41.4 Å². The molecule has 13 atom stereocenters. The summed E-state index contributed by atoms with van der Waals surface area (Å²) in [6, 6.07) is -12.3. The van der Waals surface area contributed by atoms with E-state index in [0.29, 0.717) is 12.8 Å². The van der Waals surface area contributed by atoms with Crippen molar-refractivity contribution in [1.82, 2.24) is 55.6 Å². The number of rotatable bonds is 15. The number of nitrogens with one attached hydrogen (secondary N) is 4. The van der Waals surface area contributed by atoms with E-state index in [1.54, 1.807) is 61.5 Å². The zero-order valence-electron chi connectivity index (χ0n) is 56.1. The Morgan fingerprint density at radius 2 is 0.929 bits per heavy atom. The zero-order chi connectivity index (χ0) is 66.0. The molecule has 1 unspecified atom stereocenters. The second-order valence-corrected chi connectivity index (χ2v) is 25.8. The maximum Gasteiger partial charge on any atom is 0.246 e. The van der Waals surface area contributed by atoms with Crippen molar-refractivity contribution in [3.8, 4) is 0 Å². The maximum atomic E-state index is 15.1. The predicted octanol–water partition coefficient (Wildman–Crippen LogP) is 3.27. The molecule has 1 heterocycles. The molecular formula is C62H111N11O12. The van der Waals surface area contributed by atoms with Gasteiger partial charge >= 0.3 is 0 Å². The molecule has 1 rings (SSSR count). The Kier molecular flexibility index (Phi) is 31.5. The van der Waals surface area contributed by atoms with Crippen LogP contribution in [0.15, 0.2) is 12.2 Å². The van der Waals surface area contributed by atoms with E-state index in [4.69, 9.17) is 0 Å². The summed E-state index contributed by atoms with van der Waals surface area (Å²) >= 11 is 0. The summed E-state index contributed by atoms with van der Waals surface area (Å²) in [5.74, 6) is -10.0. The quantitative estimate of drug-likeness (QED) is 0.148. The Hall–Kier alpha value is -6.13. The van der Waals surface area contributed by atoms with Crippen molar-refractivity contribution in [2.75, 3.05) is 55.9 Å². The fraction of sp³-hybridized carbons (Fsp3) is 0.790. The third kappa shape index (κ3) is 21.1. The highest BCUT2D eigenvalue weighted by Gasteiger charge is 2.46. The molecule has 0 spiro atoms. The lowest BCUT2D eigenvalue weighted by molar-refractivity contribution is -0.157. The monoisotopic (exact) mass is 1200 g/mol. The summed E-state index contributed by atoms with van der Waals surface area (Å²) in [5, 5.41) is 23.1. The van der Waals surface area contributed by atoms with E-state index in [-0.39, 0.29) is 43.4 Å². The van der Waals surface area contributed by atoms with E-state index in [1.165, 1.54) is 87.7 Å². The highest BCUT2D eigenvalue weighted by molar-refractivity contribution is 5.99. The minimum Gasteiger partial charge on any atom is -0.390 e. The Bertz CT molecular complexity index is 2330. The molecule has 0 aromatic heterocycles. The molecule has 0 bridgehead atoms. The van der Waals surface area contributed by atoms with Gasteiger partial charge in [-0.05, 0) is 94.3 Å². The number of aliphatic hydroxyl groups excluding tert-OH is 1. The van der Waals surface area contributed by atoms with E-state index in [0.717, 1.165) is 9.80 Å². The molecule has 1 saturated heterocycles. The smallest absolute Gasteiger partial charge is 0.246 e. The molecule has 85 heavy (non-hydrogen) atoms. The van der Waals surface area contributed by atoms with E-state index in [1.807, 2.05) is 54.5 Å². The van der Waals surface area contributed by atoms with E-state index in [9.17, 15) is 48.3 Å². The third-order valence-corrected chi connectivity index (χ3v) is 16.5. The number of aliphatic hydroxyl groups is 1. The lowest BCUT2D eigenvalue weighted by Crippen LogP contribution is -2.63. The second kappa shape index (κ2) is 34.9. The van der Waals surface area contributed by atoms with Gasteiger partial charge in [0.05, 0.1) is 12.6 Å². The summed E-state index contributed by atoms with van der Waals surface area (Å²) in [6.45, 7) is 29.2. The zero-order valence-corrected chi connectivity index (χ0v) is 56.1. The number of nitrogens with zero attached hydrogens (tertiary/aromatic N) is 7. The molecule has 0 aromatic rings. The van der Waals surface area contributed by atoms with Gasteiger partial charge in [-0.1, -0.05) is 116 Å². The van der Waals surface area contributed by atoms with Crippen molar-refractivity contribution >= 4 is 65.0 Å². The van der Waals surface area contributed by atoms with Crippen molar-refractivity contribution in [2.45, 2.75) is 223 Å². The van der Waals surface area contributed by atoms with Crippen molar-refractivity contribution < 1.29 is 57.8 Å². The fourth-order valence-electron chi connectivity index (χ4n) is 10.8. The lowest BCUT2D eigenvalue weighted by atomic mass is 9.91. The molecule has 1 aliphatic heterocycles. The van der Waals surface area contributed by atoms with Gasteiger partial charge in [0.2, 0.25) is 65.0 Å². The molecule has 0 saturated carbocycles. The van der Waals surface area contributed by atoms with Gasteiger partial charge in [0.1, 0.15) is 60.4 Å². The molecule has 1 fully saturated rings. The first-order valence-corrected chi connectivity index (χ1v) is 30.6. The molecule has 23 heteroatoms. The van der Waals surface area contributed by atoms with Gasteiger partial charge in [-0.25, -0.2) is 0 Å². The highest BCUT2D eigenvalue weighted by Crippen LogP contribution is 2.26. The van der Waals surface area contributed by atoms with Crippen LogP contribution in [0, 0.1) is 41.4 Å². The molecule has 11 amide bonds. The average molecular weight is 1200 g/mol. The first-order chi connectivity index (χ1) is 39.3. The van der Waals surface area contributed by atoms with Crippen molar-refractivity contribution in [1.29, 1.82) is 0 Å². The number of carbonyl (C=O) groups is 11. The number of allylic oxidation sites excluding steroid dienone is 2. The van der Waals surface area contributed by atoms with Crippen molar-refractivity contribution in [3.05, 3.63) is 12.2 Å². The van der Waals surface area contributed by atoms with E-state index in [2.05, 4.69) is 21.3 Å². The third-order valence-electron chi connectivity index (χ3n) is 16.5. The molecule has 1 aliphatic rings. The predicted molar refractivity (Wildman–Crippen MR) is 328 cm³/mol. The molecule has 0 aliphatic carbocycles. The lowest BCUT2D eigenvalue weighted by Gasteiger charge is -2.41. The molecular weight excluding hydrogens is 1090 g/mol. The number of likely N-dealkylation sites (N-methyl/N-ethyl adjacent to an activating group) is 7. The summed E-state index contributed by atoms with van der Waals surface area (Å²) in [7, 11) is 9.92. The fourth-order valence-corrected chi connectivity index (χ4v) is 10.8. The minimum absolute atomic E-state index is 0.0224. The second-order valence-electron chi connectivity index (χ2n) is 25.8. The molecule has 486 valence electrons. The topological polar surface area (TPSA) is 279 Å². The molecule has 5 N–H and O–H groups in total. The van der Waals surface area contributed by atoms with Gasteiger partial charge in [-0.15, -0.1) is 0 Å². The van der Waals surface area contributed by atoms with Gasteiger partial charge in [0, 0.05) is 49.3 Å². The first-order valence-electron chi connectivity index (χ1n) is 30.6. The highest BCUT2D eigenvalue weighted by atomic mass is 16.3. The van der Waals surface area contributed by atoms with Crippen molar-refractivity contribution in [3.63, 3.8) is 0 Å². The van der Waals surface area contributed by atoms with Crippen LogP contribution in [0.3, 0.4) is 0 Å². The van der Waals surface area contributed by atoms with Gasteiger partial charge in [-0.3, -0.25) is 52.7 Å². The summed E-state index contributed by atoms with van der Waals surface area (Å²) in [6.07, 6.45) is 3.31. The Morgan fingerprint density at radius 3 is 1.39 bits per heavy atom. The van der Waals surface area contributed by atoms with Crippen LogP contribution in [0.1, 0.15) is 156 Å². The first kappa shape index (κ1) is 76.9. The van der Waals surface area contributed by atoms with Crippen LogP contribution in [-0.4, -0.2) is 227 Å². The summed E-state index contributed by atoms with van der Waals surface area (Å²) in [5.41, 5.74) is 0. The number of amides is 11. The SMILES string of the molecule is CC=CC[C@@H](C)[C@@H](O)[C@H]1C(=O)N[C@@H](CC)C(=O)N(C)CC(=O)N(C)[C@@H](C(C)CC)C(=O)N[C@@H](C(C)C)C(=O)N(C)[C@@H](CC(C)C)C(=O)N[C@@H](C)C(=O)N[C@H](C)C(=O)N(C)[C@@H](CC(C)C)C(=O)N(C)[C@@H](CC(C)C)C(=O)N(C)[C@@H](C(C)C)C(=O)N1C. The molecule has 23 nitrogen and oxygen atoms in total. The van der Waals surface area contributed by atoms with Gasteiger partial charge < -0.3 is 60.7 Å². The van der Waals surface area contributed by atoms with Crippen LogP contribution in [0.4, 0.5) is 0 Å². The number of hydrogen-bond donors (Lipinski definition) is 5. The van der Waals surface area contributed by atoms with Crippen LogP contribution >= 0.6 is 0 Å². The van der Waals surface area contributed by atoms with E-state index < -0.39 is 162 Å². The van der Waals surface area contributed by atoms with Gasteiger partial charge in [0.25, 0.3) is 0 Å². The van der Waals surface area contributed by atoms with Crippen LogP contribution in [0.25, 0.3) is 0 Å². The molecule has 0 radical (unpaired) electrons. The molecule has 0 aromatic carbocycles. The number of carbonyl (C=O) groups excluding carboxylic acids is 11.